The number of ether oxygens (including phenoxy) is 2. The Bertz CT molecular complexity index is 1050. The maximum Gasteiger partial charge on any atom is 0.222 e. The van der Waals surface area contributed by atoms with Crippen LogP contribution in [0.15, 0.2) is 54.6 Å². The molecule has 3 aromatic rings. The van der Waals surface area contributed by atoms with Gasteiger partial charge in [-0.2, -0.15) is 5.10 Å². The first kappa shape index (κ1) is 21.9. The molecule has 2 heterocycles. The highest BCUT2D eigenvalue weighted by Gasteiger charge is 2.13. The topological polar surface area (TPSA) is 56.6 Å². The van der Waals surface area contributed by atoms with Gasteiger partial charge < -0.3 is 14.4 Å². The number of hydrogen-bond acceptors (Lipinski definition) is 4. The van der Waals surface area contributed by atoms with Gasteiger partial charge in [0.2, 0.25) is 5.91 Å². The first-order chi connectivity index (χ1) is 15.6. The Balaban J connectivity index is 1.24. The Kier molecular flexibility index (Phi) is 7.10. The maximum atomic E-state index is 12.6. The quantitative estimate of drug-likeness (QED) is 0.532. The van der Waals surface area contributed by atoms with E-state index in [1.165, 1.54) is 0 Å². The molecule has 0 saturated heterocycles. The first-order valence-electron chi connectivity index (χ1n) is 11.3. The molecule has 4 rings (SSSR count). The molecule has 0 unspecified atom stereocenters. The lowest BCUT2D eigenvalue weighted by molar-refractivity contribution is -0.129. The molecule has 1 aliphatic rings. The van der Waals surface area contributed by atoms with Crippen LogP contribution in [-0.4, -0.2) is 47.4 Å². The van der Waals surface area contributed by atoms with Crippen molar-refractivity contribution < 1.29 is 14.3 Å². The smallest absolute Gasteiger partial charge is 0.222 e. The van der Waals surface area contributed by atoms with Crippen LogP contribution in [0.5, 0.6) is 11.5 Å². The summed E-state index contributed by atoms with van der Waals surface area (Å²) in [6.45, 7) is 2.07. The maximum absolute atomic E-state index is 12.6. The lowest BCUT2D eigenvalue weighted by atomic mass is 10.1. The molecule has 2 aromatic carbocycles. The summed E-state index contributed by atoms with van der Waals surface area (Å²) in [5.74, 6) is 1.73. The average Bonchev–Trinajstić information content (AvgIpc) is 3.02. The third-order valence-corrected chi connectivity index (χ3v) is 5.79. The number of rotatable bonds is 8. The van der Waals surface area contributed by atoms with E-state index in [0.717, 1.165) is 59.8 Å². The molecule has 0 N–H and O–H groups in total. The van der Waals surface area contributed by atoms with Gasteiger partial charge in [-0.05, 0) is 48.6 Å². The summed E-state index contributed by atoms with van der Waals surface area (Å²) in [5.41, 5.74) is 4.42. The van der Waals surface area contributed by atoms with Gasteiger partial charge in [0.25, 0.3) is 0 Å². The predicted octanol–water partition coefficient (Wildman–Crippen LogP) is 4.27. The van der Waals surface area contributed by atoms with Crippen molar-refractivity contribution in [2.45, 2.75) is 32.1 Å². The highest BCUT2D eigenvalue weighted by Crippen LogP contribution is 2.30. The third kappa shape index (κ3) is 5.49. The van der Waals surface area contributed by atoms with E-state index in [2.05, 4.69) is 23.3 Å². The Labute approximate surface area is 189 Å². The summed E-state index contributed by atoms with van der Waals surface area (Å²) < 4.78 is 13.3. The van der Waals surface area contributed by atoms with Crippen LogP contribution in [-0.2, 0) is 24.7 Å². The van der Waals surface area contributed by atoms with Crippen molar-refractivity contribution in [3.63, 3.8) is 0 Å². The zero-order valence-electron chi connectivity index (χ0n) is 18.9. The van der Waals surface area contributed by atoms with Crippen LogP contribution in [0.4, 0.5) is 0 Å². The number of amides is 1. The number of hydrogen-bond donors (Lipinski definition) is 0. The standard InChI is InChI=1S/C26H31N3O3/c1-28(15-6-10-22-19-23(29(2)27-22)21-8-4-3-5-9-21)26(30)14-12-20-11-13-24-25(18-20)32-17-7-16-31-24/h3-5,8-9,11,13,18-19H,6-7,10,12,14-17H2,1-2H3. The number of aromatic nitrogens is 2. The molecule has 0 fully saturated rings. The van der Waals surface area contributed by atoms with Crippen LogP contribution < -0.4 is 9.47 Å². The minimum Gasteiger partial charge on any atom is -0.490 e. The summed E-state index contributed by atoms with van der Waals surface area (Å²) in [4.78, 5) is 14.4. The summed E-state index contributed by atoms with van der Waals surface area (Å²) >= 11 is 0. The summed E-state index contributed by atoms with van der Waals surface area (Å²) in [6, 6.07) is 18.4. The van der Waals surface area contributed by atoms with Crippen LogP contribution in [0.1, 0.15) is 30.5 Å². The minimum atomic E-state index is 0.156. The van der Waals surface area contributed by atoms with E-state index in [1.54, 1.807) is 0 Å². The number of nitrogens with zero attached hydrogens (tertiary/aromatic N) is 3. The van der Waals surface area contributed by atoms with E-state index in [0.29, 0.717) is 26.1 Å². The van der Waals surface area contributed by atoms with Crippen LogP contribution in [0, 0.1) is 0 Å². The van der Waals surface area contributed by atoms with Crippen molar-refractivity contribution in [1.82, 2.24) is 14.7 Å². The van der Waals surface area contributed by atoms with Crippen molar-refractivity contribution >= 4 is 5.91 Å². The zero-order valence-corrected chi connectivity index (χ0v) is 18.9. The van der Waals surface area contributed by atoms with Gasteiger partial charge in [-0.15, -0.1) is 0 Å². The second-order valence-corrected chi connectivity index (χ2v) is 8.26. The molecule has 0 radical (unpaired) electrons. The van der Waals surface area contributed by atoms with Crippen molar-refractivity contribution in [3.8, 4) is 22.8 Å². The SMILES string of the molecule is CN(CCCc1cc(-c2ccccc2)n(C)n1)C(=O)CCc1ccc2c(c1)OCCCO2. The molecule has 32 heavy (non-hydrogen) atoms. The molecular weight excluding hydrogens is 402 g/mol. The molecule has 0 spiro atoms. The number of carbonyl (C=O) groups is 1. The van der Waals surface area contributed by atoms with Gasteiger partial charge in [-0.1, -0.05) is 36.4 Å². The van der Waals surface area contributed by atoms with Crippen molar-refractivity contribution in [3.05, 3.63) is 65.9 Å². The normalized spacial score (nSPS) is 12.9. The lowest BCUT2D eigenvalue weighted by Gasteiger charge is -2.17. The largest absolute Gasteiger partial charge is 0.490 e. The molecule has 6 nitrogen and oxygen atoms in total. The average molecular weight is 434 g/mol. The fourth-order valence-electron chi connectivity index (χ4n) is 3.96. The molecule has 1 aliphatic heterocycles. The van der Waals surface area contributed by atoms with E-state index in [9.17, 15) is 4.79 Å². The molecule has 0 bridgehead atoms. The highest BCUT2D eigenvalue weighted by molar-refractivity contribution is 5.76. The Hall–Kier alpha value is -3.28. The van der Waals surface area contributed by atoms with E-state index in [-0.39, 0.29) is 5.91 Å². The molecular formula is C26H31N3O3. The second kappa shape index (κ2) is 10.4. The monoisotopic (exact) mass is 433 g/mol. The molecule has 0 atom stereocenters. The van der Waals surface area contributed by atoms with Crippen molar-refractivity contribution in [2.24, 2.45) is 7.05 Å². The Morgan fingerprint density at radius 1 is 1.03 bits per heavy atom. The van der Waals surface area contributed by atoms with Gasteiger partial charge in [0, 0.05) is 33.5 Å². The van der Waals surface area contributed by atoms with Crippen molar-refractivity contribution in [1.29, 1.82) is 0 Å². The van der Waals surface area contributed by atoms with Gasteiger partial charge in [0.15, 0.2) is 11.5 Å². The van der Waals surface area contributed by atoms with Gasteiger partial charge in [0.05, 0.1) is 24.6 Å². The molecule has 1 amide bonds. The molecule has 168 valence electrons. The summed E-state index contributed by atoms with van der Waals surface area (Å²) in [7, 11) is 3.85. The molecule has 0 saturated carbocycles. The Morgan fingerprint density at radius 3 is 2.62 bits per heavy atom. The molecule has 1 aromatic heterocycles. The fourth-order valence-corrected chi connectivity index (χ4v) is 3.96. The first-order valence-corrected chi connectivity index (χ1v) is 11.3. The number of benzene rings is 2. The lowest BCUT2D eigenvalue weighted by Crippen LogP contribution is -2.28. The molecule has 6 heteroatoms. The van der Waals surface area contributed by atoms with Gasteiger partial charge in [-0.3, -0.25) is 9.48 Å². The van der Waals surface area contributed by atoms with Crippen LogP contribution in [0.25, 0.3) is 11.3 Å². The number of carbonyl (C=O) groups excluding carboxylic acids is 1. The minimum absolute atomic E-state index is 0.156. The van der Waals surface area contributed by atoms with Gasteiger partial charge in [0.1, 0.15) is 0 Å². The highest BCUT2D eigenvalue weighted by atomic mass is 16.5. The van der Waals surface area contributed by atoms with Gasteiger partial charge >= 0.3 is 0 Å². The van der Waals surface area contributed by atoms with Gasteiger partial charge in [-0.25, -0.2) is 0 Å². The van der Waals surface area contributed by atoms with Crippen molar-refractivity contribution in [2.75, 3.05) is 26.8 Å². The Morgan fingerprint density at radius 2 is 1.81 bits per heavy atom. The van der Waals surface area contributed by atoms with Crippen LogP contribution >= 0.6 is 0 Å². The van der Waals surface area contributed by atoms with E-state index < -0.39 is 0 Å². The summed E-state index contributed by atoms with van der Waals surface area (Å²) in [6.07, 6.45) is 3.80. The number of fused-ring (bicyclic) bond motifs is 1. The van der Waals surface area contributed by atoms with Crippen LogP contribution in [0.2, 0.25) is 0 Å². The fraction of sp³-hybridized carbons (Fsp3) is 0.385. The van der Waals surface area contributed by atoms with E-state index in [4.69, 9.17) is 9.47 Å². The van der Waals surface area contributed by atoms with Crippen LogP contribution in [0.3, 0.4) is 0 Å². The third-order valence-electron chi connectivity index (χ3n) is 5.79. The summed E-state index contributed by atoms with van der Waals surface area (Å²) in [5, 5.41) is 4.64. The predicted molar refractivity (Wildman–Crippen MR) is 125 cm³/mol. The molecule has 0 aliphatic carbocycles. The number of aryl methyl sites for hydroxylation is 3. The zero-order chi connectivity index (χ0) is 22.3. The second-order valence-electron chi connectivity index (χ2n) is 8.26. The van der Waals surface area contributed by atoms with E-state index >= 15 is 0 Å². The van der Waals surface area contributed by atoms with E-state index in [1.807, 2.05) is 60.1 Å².